The van der Waals surface area contributed by atoms with Crippen LogP contribution in [0, 0.1) is 23.7 Å². The number of piperidine rings is 1. The number of hydrogen-bond acceptors (Lipinski definition) is 4. The van der Waals surface area contributed by atoms with Crippen molar-refractivity contribution in [3.8, 4) is 11.1 Å². The number of carboxylic acids is 1. The van der Waals surface area contributed by atoms with Gasteiger partial charge in [0, 0.05) is 25.6 Å². The molecule has 0 radical (unpaired) electrons. The SMILES string of the molecule is CCCC(CNC(=O)OCC1c2ccccc2-c2ccccc21)C(=O)N1CCC2C(C1)C2C(=O)O. The van der Waals surface area contributed by atoms with E-state index in [-0.39, 0.29) is 48.6 Å². The molecule has 4 atom stereocenters. The van der Waals surface area contributed by atoms with Gasteiger partial charge in [0.15, 0.2) is 0 Å². The zero-order valence-electron chi connectivity index (χ0n) is 20.0. The number of likely N-dealkylation sites (tertiary alicyclic amines) is 1. The van der Waals surface area contributed by atoms with Gasteiger partial charge in [0.2, 0.25) is 5.91 Å². The lowest BCUT2D eigenvalue weighted by Gasteiger charge is -2.30. The minimum Gasteiger partial charge on any atom is -0.481 e. The second kappa shape index (κ2) is 9.72. The number of nitrogens with zero attached hydrogens (tertiary/aromatic N) is 1. The number of carbonyl (C=O) groups is 3. The lowest BCUT2D eigenvalue weighted by atomic mass is 9.98. The predicted molar refractivity (Wildman–Crippen MR) is 131 cm³/mol. The maximum absolute atomic E-state index is 13.2. The summed E-state index contributed by atoms with van der Waals surface area (Å²) >= 11 is 0. The van der Waals surface area contributed by atoms with Crippen LogP contribution < -0.4 is 5.32 Å². The molecule has 7 heteroatoms. The van der Waals surface area contributed by atoms with Gasteiger partial charge in [0.25, 0.3) is 0 Å². The van der Waals surface area contributed by atoms with Crippen LogP contribution in [-0.2, 0) is 14.3 Å². The van der Waals surface area contributed by atoms with Crippen LogP contribution in [0.3, 0.4) is 0 Å². The zero-order chi connectivity index (χ0) is 24.5. The molecule has 0 spiro atoms. The third-order valence-corrected chi connectivity index (χ3v) is 7.91. The van der Waals surface area contributed by atoms with Crippen molar-refractivity contribution in [2.24, 2.45) is 23.7 Å². The van der Waals surface area contributed by atoms with Crippen LogP contribution in [0.15, 0.2) is 48.5 Å². The molecule has 1 heterocycles. The van der Waals surface area contributed by atoms with Crippen LogP contribution in [0.5, 0.6) is 0 Å². The van der Waals surface area contributed by atoms with Crippen LogP contribution in [0.2, 0.25) is 0 Å². The summed E-state index contributed by atoms with van der Waals surface area (Å²) in [5, 5.41) is 12.1. The van der Waals surface area contributed by atoms with E-state index in [4.69, 9.17) is 4.74 Å². The van der Waals surface area contributed by atoms with E-state index in [1.54, 1.807) is 4.90 Å². The normalized spacial score (nSPS) is 23.0. The van der Waals surface area contributed by atoms with Crippen LogP contribution in [0.1, 0.15) is 43.2 Å². The largest absolute Gasteiger partial charge is 0.481 e. The van der Waals surface area contributed by atoms with E-state index in [1.165, 1.54) is 11.1 Å². The van der Waals surface area contributed by atoms with E-state index < -0.39 is 12.1 Å². The third kappa shape index (κ3) is 4.51. The Morgan fingerprint density at radius 1 is 1.06 bits per heavy atom. The maximum Gasteiger partial charge on any atom is 0.407 e. The lowest BCUT2D eigenvalue weighted by Crippen LogP contribution is -2.44. The number of nitrogens with one attached hydrogen (secondary N) is 1. The Bertz CT molecular complexity index is 1090. The quantitative estimate of drug-likeness (QED) is 0.598. The highest BCUT2D eigenvalue weighted by Gasteiger charge is 2.57. The summed E-state index contributed by atoms with van der Waals surface area (Å²) in [5.41, 5.74) is 4.66. The second-order valence-electron chi connectivity index (χ2n) is 9.96. The minimum absolute atomic E-state index is 0.000265. The van der Waals surface area contributed by atoms with Gasteiger partial charge in [-0.3, -0.25) is 9.59 Å². The number of rotatable bonds is 8. The van der Waals surface area contributed by atoms with Crippen molar-refractivity contribution in [1.29, 1.82) is 0 Å². The first kappa shape index (κ1) is 23.4. The molecule has 2 amide bonds. The zero-order valence-corrected chi connectivity index (χ0v) is 20.0. The van der Waals surface area contributed by atoms with E-state index in [9.17, 15) is 19.5 Å². The molecule has 0 bridgehead atoms. The molecule has 2 N–H and O–H groups in total. The molecule has 0 aromatic heterocycles. The number of hydrogen-bond donors (Lipinski definition) is 2. The average molecular weight is 477 g/mol. The lowest BCUT2D eigenvalue weighted by molar-refractivity contribution is -0.140. The minimum atomic E-state index is -0.753. The van der Waals surface area contributed by atoms with E-state index in [0.717, 1.165) is 24.0 Å². The molecular formula is C28H32N2O5. The van der Waals surface area contributed by atoms with Gasteiger partial charge in [0.1, 0.15) is 6.61 Å². The van der Waals surface area contributed by atoms with E-state index in [1.807, 2.05) is 31.2 Å². The first-order valence-corrected chi connectivity index (χ1v) is 12.6. The van der Waals surface area contributed by atoms with Gasteiger partial charge in [-0.25, -0.2) is 4.79 Å². The van der Waals surface area contributed by atoms with Gasteiger partial charge < -0.3 is 20.1 Å². The van der Waals surface area contributed by atoms with Gasteiger partial charge in [-0.1, -0.05) is 61.9 Å². The molecule has 35 heavy (non-hydrogen) atoms. The van der Waals surface area contributed by atoms with Crippen molar-refractivity contribution in [2.45, 2.75) is 32.1 Å². The van der Waals surface area contributed by atoms with E-state index in [2.05, 4.69) is 29.6 Å². The summed E-state index contributed by atoms with van der Waals surface area (Å²) in [6.45, 7) is 3.57. The van der Waals surface area contributed by atoms with Crippen molar-refractivity contribution >= 4 is 18.0 Å². The highest BCUT2D eigenvalue weighted by Crippen LogP contribution is 2.51. The number of aliphatic carboxylic acids is 1. The number of ether oxygens (including phenoxy) is 1. The highest BCUT2D eigenvalue weighted by atomic mass is 16.5. The van der Waals surface area contributed by atoms with E-state index >= 15 is 0 Å². The first-order valence-electron chi connectivity index (χ1n) is 12.6. The number of carboxylic acid groups (broad SMARTS) is 1. The molecule has 184 valence electrons. The Morgan fingerprint density at radius 3 is 2.34 bits per heavy atom. The summed E-state index contributed by atoms with van der Waals surface area (Å²) in [7, 11) is 0. The monoisotopic (exact) mass is 476 g/mol. The van der Waals surface area contributed by atoms with Gasteiger partial charge >= 0.3 is 12.1 Å². The summed E-state index contributed by atoms with van der Waals surface area (Å²) in [4.78, 5) is 38.9. The molecule has 3 aliphatic rings. The summed E-state index contributed by atoms with van der Waals surface area (Å²) in [5.74, 6) is -1.13. The van der Waals surface area contributed by atoms with Crippen molar-refractivity contribution in [2.75, 3.05) is 26.2 Å². The molecule has 2 aromatic carbocycles. The van der Waals surface area contributed by atoms with Gasteiger partial charge in [-0.05, 0) is 46.9 Å². The van der Waals surface area contributed by atoms with Gasteiger partial charge in [-0.15, -0.1) is 0 Å². The van der Waals surface area contributed by atoms with Crippen LogP contribution >= 0.6 is 0 Å². The summed E-state index contributed by atoms with van der Waals surface area (Å²) in [6.07, 6.45) is 1.70. The molecule has 5 rings (SSSR count). The first-order chi connectivity index (χ1) is 17.0. The predicted octanol–water partition coefficient (Wildman–Crippen LogP) is 4.12. The highest BCUT2D eigenvalue weighted by molar-refractivity contribution is 5.81. The van der Waals surface area contributed by atoms with Gasteiger partial charge in [0.05, 0.1) is 11.8 Å². The Kier molecular flexibility index (Phi) is 6.50. The van der Waals surface area contributed by atoms with Crippen molar-refractivity contribution in [1.82, 2.24) is 10.2 Å². The van der Waals surface area contributed by atoms with Crippen molar-refractivity contribution < 1.29 is 24.2 Å². The number of benzene rings is 2. The maximum atomic E-state index is 13.2. The van der Waals surface area contributed by atoms with Crippen molar-refractivity contribution in [3.05, 3.63) is 59.7 Å². The fourth-order valence-corrected chi connectivity index (χ4v) is 6.08. The summed E-state index contributed by atoms with van der Waals surface area (Å²) < 4.78 is 5.62. The molecule has 1 saturated carbocycles. The summed E-state index contributed by atoms with van der Waals surface area (Å²) in [6, 6.07) is 16.4. The number of fused-ring (bicyclic) bond motifs is 4. The second-order valence-corrected chi connectivity index (χ2v) is 9.96. The number of amides is 2. The number of alkyl carbamates (subject to hydrolysis) is 1. The molecule has 2 aliphatic carbocycles. The standard InChI is InChI=1S/C28H32N2O5/c1-2-7-17(26(31)30-13-12-22-23(15-30)25(22)27(32)33)14-29-28(34)35-16-24-20-10-5-3-8-18(20)19-9-4-6-11-21(19)24/h3-6,8-11,17,22-25H,2,7,12-16H2,1H3,(H,29,34)(H,32,33). The molecule has 2 aromatic rings. The Balaban J connectivity index is 1.16. The van der Waals surface area contributed by atoms with Crippen LogP contribution in [0.25, 0.3) is 11.1 Å². The third-order valence-electron chi connectivity index (χ3n) is 7.91. The van der Waals surface area contributed by atoms with Crippen LogP contribution in [-0.4, -0.2) is 54.2 Å². The Hall–Kier alpha value is -3.35. The van der Waals surface area contributed by atoms with Gasteiger partial charge in [-0.2, -0.15) is 0 Å². The average Bonchev–Trinajstić information content (AvgIpc) is 3.52. The number of carbonyl (C=O) groups excluding carboxylic acids is 2. The molecule has 2 fully saturated rings. The van der Waals surface area contributed by atoms with Crippen molar-refractivity contribution in [3.63, 3.8) is 0 Å². The van der Waals surface area contributed by atoms with Crippen LogP contribution in [0.4, 0.5) is 4.79 Å². The Morgan fingerprint density at radius 2 is 1.71 bits per heavy atom. The molecule has 4 unspecified atom stereocenters. The fraction of sp³-hybridized carbons (Fsp3) is 0.464. The molecule has 1 aliphatic heterocycles. The smallest absolute Gasteiger partial charge is 0.407 e. The molecule has 1 saturated heterocycles. The Labute approximate surface area is 205 Å². The fourth-order valence-electron chi connectivity index (χ4n) is 6.08. The molecule has 7 nitrogen and oxygen atoms in total. The van der Waals surface area contributed by atoms with E-state index in [0.29, 0.717) is 19.5 Å². The molecular weight excluding hydrogens is 444 g/mol. The topological polar surface area (TPSA) is 95.9 Å².